The van der Waals surface area contributed by atoms with Crippen LogP contribution in [0.15, 0.2) is 6.07 Å². The predicted molar refractivity (Wildman–Crippen MR) is 37.5 cm³/mol. The molecule has 51 valence electrons. The Kier molecular flexibility index (Phi) is 1.38. The zero-order chi connectivity index (χ0) is 6.81. The smallest absolute Gasteiger partial charge is 0.114 e. The van der Waals surface area contributed by atoms with E-state index in [0.29, 0.717) is 0 Å². The molecule has 10 heavy (non-hydrogen) atoms. The van der Waals surface area contributed by atoms with Crippen molar-refractivity contribution in [3.05, 3.63) is 23.5 Å². The van der Waals surface area contributed by atoms with Gasteiger partial charge in [0.05, 0.1) is 5.69 Å². The van der Waals surface area contributed by atoms with Gasteiger partial charge in [-0.05, 0) is 37.3 Å². The van der Waals surface area contributed by atoms with Crippen molar-refractivity contribution < 1.29 is 0 Å². The van der Waals surface area contributed by atoms with Crippen LogP contribution in [0.3, 0.4) is 0 Å². The second-order valence-corrected chi connectivity index (χ2v) is 2.65. The zero-order valence-electron chi connectivity index (χ0n) is 5.80. The van der Waals surface area contributed by atoms with E-state index in [0.717, 1.165) is 6.42 Å². The number of aromatic nitrogens is 2. The summed E-state index contributed by atoms with van der Waals surface area (Å²) in [7, 11) is 0. The minimum absolute atomic E-state index is 1.11. The third-order valence-electron chi connectivity index (χ3n) is 1.95. The van der Waals surface area contributed by atoms with Crippen molar-refractivity contribution in [1.29, 1.82) is 0 Å². The lowest BCUT2D eigenvalue weighted by Gasteiger charge is -2.11. The van der Waals surface area contributed by atoms with E-state index in [2.05, 4.69) is 16.4 Å². The molecule has 2 heteroatoms. The molecule has 0 spiro atoms. The molecule has 0 unspecified atom stereocenters. The Morgan fingerprint density at radius 3 is 3.10 bits per heavy atom. The summed E-state index contributed by atoms with van der Waals surface area (Å²) in [6, 6.07) is 1.96. The molecule has 2 rings (SSSR count). The Morgan fingerprint density at radius 2 is 2.20 bits per heavy atom. The van der Waals surface area contributed by atoms with Crippen LogP contribution in [-0.4, -0.2) is 10.2 Å². The summed E-state index contributed by atoms with van der Waals surface area (Å²) >= 11 is 0. The van der Waals surface area contributed by atoms with Crippen molar-refractivity contribution in [2.24, 2.45) is 0 Å². The van der Waals surface area contributed by atoms with Gasteiger partial charge in [0.25, 0.3) is 0 Å². The summed E-state index contributed by atoms with van der Waals surface area (Å²) in [6.07, 6.45) is 7.60. The summed E-state index contributed by atoms with van der Waals surface area (Å²) in [5, 5.41) is 7.74. The highest BCUT2D eigenvalue weighted by Gasteiger charge is 2.08. The van der Waals surface area contributed by atoms with E-state index in [1.807, 2.05) is 6.07 Å². The maximum absolute atomic E-state index is 4.01. The van der Waals surface area contributed by atoms with Gasteiger partial charge in [-0.3, -0.25) is 0 Å². The summed E-state index contributed by atoms with van der Waals surface area (Å²) in [5.41, 5.74) is 2.53. The second kappa shape index (κ2) is 2.37. The van der Waals surface area contributed by atoms with Crippen LogP contribution in [0.5, 0.6) is 0 Å². The van der Waals surface area contributed by atoms with Gasteiger partial charge < -0.3 is 0 Å². The number of hydrogen-bond donors (Lipinski definition) is 0. The minimum atomic E-state index is 1.11. The van der Waals surface area contributed by atoms with Gasteiger partial charge in [0.2, 0.25) is 0 Å². The Hall–Kier alpha value is -0.920. The largest absolute Gasteiger partial charge is 0.155 e. The monoisotopic (exact) mass is 133 g/mol. The fourth-order valence-corrected chi connectivity index (χ4v) is 1.38. The van der Waals surface area contributed by atoms with Gasteiger partial charge in [0.1, 0.15) is 6.20 Å². The van der Waals surface area contributed by atoms with Crippen LogP contribution in [0.2, 0.25) is 0 Å². The third-order valence-corrected chi connectivity index (χ3v) is 1.95. The van der Waals surface area contributed by atoms with Gasteiger partial charge in [0, 0.05) is 0 Å². The average molecular weight is 133 g/mol. The van der Waals surface area contributed by atoms with Crippen LogP contribution < -0.4 is 0 Å². The van der Waals surface area contributed by atoms with E-state index >= 15 is 0 Å². The molecule has 0 aliphatic heterocycles. The van der Waals surface area contributed by atoms with Crippen LogP contribution in [0, 0.1) is 6.20 Å². The first-order valence-corrected chi connectivity index (χ1v) is 3.68. The lowest BCUT2D eigenvalue weighted by atomic mass is 9.97. The Balaban J connectivity index is 2.41. The molecular formula is C8H9N2. The quantitative estimate of drug-likeness (QED) is 0.530. The number of hydrogen-bond acceptors (Lipinski definition) is 2. The van der Waals surface area contributed by atoms with Crippen LogP contribution in [0.1, 0.15) is 24.1 Å². The van der Waals surface area contributed by atoms with Crippen molar-refractivity contribution in [1.82, 2.24) is 10.2 Å². The molecule has 1 aromatic rings. The zero-order valence-corrected chi connectivity index (χ0v) is 5.80. The topological polar surface area (TPSA) is 25.8 Å². The van der Waals surface area contributed by atoms with Crippen molar-refractivity contribution in [3.8, 4) is 0 Å². The van der Waals surface area contributed by atoms with Crippen LogP contribution in [0.4, 0.5) is 0 Å². The van der Waals surface area contributed by atoms with E-state index in [1.54, 1.807) is 0 Å². The number of rotatable bonds is 0. The standard InChI is InChI=1S/C8H9N2/c1-2-4-8-7(3-1)5-6-9-10-8/h5H,1-4H2. The van der Waals surface area contributed by atoms with Gasteiger partial charge in [-0.2, -0.15) is 5.10 Å². The summed E-state index contributed by atoms with van der Waals surface area (Å²) in [6.45, 7) is 0. The van der Waals surface area contributed by atoms with Crippen molar-refractivity contribution in [3.63, 3.8) is 0 Å². The molecular weight excluding hydrogens is 124 g/mol. The van der Waals surface area contributed by atoms with E-state index in [9.17, 15) is 0 Å². The van der Waals surface area contributed by atoms with Crippen LogP contribution in [0.25, 0.3) is 0 Å². The maximum atomic E-state index is 4.01. The fraction of sp³-hybridized carbons (Fsp3) is 0.500. The molecule has 0 saturated carbocycles. The highest BCUT2D eigenvalue weighted by atomic mass is 15.1. The molecule has 0 saturated heterocycles. The van der Waals surface area contributed by atoms with E-state index in [4.69, 9.17) is 0 Å². The highest BCUT2D eigenvalue weighted by molar-refractivity contribution is 5.19. The van der Waals surface area contributed by atoms with Gasteiger partial charge >= 0.3 is 0 Å². The average Bonchev–Trinajstić information content (AvgIpc) is 2.05. The van der Waals surface area contributed by atoms with Crippen LogP contribution in [-0.2, 0) is 12.8 Å². The normalized spacial score (nSPS) is 16.4. The number of nitrogens with zero attached hydrogens (tertiary/aromatic N) is 2. The lowest BCUT2D eigenvalue weighted by Crippen LogP contribution is -2.05. The molecule has 0 aromatic carbocycles. The van der Waals surface area contributed by atoms with Crippen molar-refractivity contribution >= 4 is 0 Å². The van der Waals surface area contributed by atoms with Gasteiger partial charge in [0.15, 0.2) is 0 Å². The minimum Gasteiger partial charge on any atom is -0.155 e. The first-order chi connectivity index (χ1) is 4.97. The lowest BCUT2D eigenvalue weighted by molar-refractivity contribution is 0.653. The number of fused-ring (bicyclic) bond motifs is 1. The van der Waals surface area contributed by atoms with Gasteiger partial charge in [-0.1, -0.05) is 0 Å². The molecule has 1 aliphatic carbocycles. The molecule has 1 aliphatic rings. The first-order valence-electron chi connectivity index (χ1n) is 3.68. The van der Waals surface area contributed by atoms with Gasteiger partial charge in [-0.15, -0.1) is 5.10 Å². The Labute approximate surface area is 60.3 Å². The number of aryl methyl sites for hydroxylation is 2. The summed E-state index contributed by atoms with van der Waals surface area (Å²) in [5.74, 6) is 0. The molecule has 1 aromatic heterocycles. The van der Waals surface area contributed by atoms with Crippen molar-refractivity contribution in [2.45, 2.75) is 25.7 Å². The molecule has 0 atom stereocenters. The maximum Gasteiger partial charge on any atom is 0.114 e. The molecule has 0 bridgehead atoms. The molecule has 1 heterocycles. The molecule has 0 fully saturated rings. The Morgan fingerprint density at radius 1 is 1.30 bits per heavy atom. The molecule has 0 N–H and O–H groups in total. The summed E-state index contributed by atoms with van der Waals surface area (Å²) < 4.78 is 0. The molecule has 1 radical (unpaired) electrons. The second-order valence-electron chi connectivity index (χ2n) is 2.65. The van der Waals surface area contributed by atoms with Crippen LogP contribution >= 0.6 is 0 Å². The van der Waals surface area contributed by atoms with Crippen molar-refractivity contribution in [2.75, 3.05) is 0 Å². The highest BCUT2D eigenvalue weighted by Crippen LogP contribution is 2.16. The van der Waals surface area contributed by atoms with Gasteiger partial charge in [-0.25, -0.2) is 0 Å². The van der Waals surface area contributed by atoms with E-state index < -0.39 is 0 Å². The SMILES string of the molecule is [c]1cc2c(nn1)CCCC2. The van der Waals surface area contributed by atoms with E-state index in [1.165, 1.54) is 30.5 Å². The van der Waals surface area contributed by atoms with E-state index in [-0.39, 0.29) is 0 Å². The molecule has 2 nitrogen and oxygen atoms in total. The fourth-order valence-electron chi connectivity index (χ4n) is 1.38. The first kappa shape index (κ1) is 5.83. The third kappa shape index (κ3) is 0.897. The molecule has 0 amide bonds. The Bertz CT molecular complexity index is 207. The summed E-state index contributed by atoms with van der Waals surface area (Å²) in [4.78, 5) is 0. The predicted octanol–water partition coefficient (Wildman–Crippen LogP) is 1.16.